The van der Waals surface area contributed by atoms with Crippen LogP contribution in [0.25, 0.3) is 0 Å². The molecule has 5 nitrogen and oxygen atoms in total. The molecule has 0 saturated heterocycles. The lowest BCUT2D eigenvalue weighted by atomic mass is 10.2. The molecule has 0 aliphatic carbocycles. The number of carbonyl (C=O) groups is 2. The molecule has 6 heteroatoms. The first kappa shape index (κ1) is 17.2. The van der Waals surface area contributed by atoms with Gasteiger partial charge in [-0.05, 0) is 32.4 Å². The van der Waals surface area contributed by atoms with Crippen LogP contribution >= 0.6 is 11.3 Å². The van der Waals surface area contributed by atoms with E-state index in [4.69, 9.17) is 10.5 Å². The van der Waals surface area contributed by atoms with Crippen LogP contribution in [-0.2, 0) is 9.53 Å². The molecule has 0 fully saturated rings. The topological polar surface area (TPSA) is 72.6 Å². The van der Waals surface area contributed by atoms with Gasteiger partial charge in [-0.2, -0.15) is 0 Å². The molecular weight excluding hydrogens is 288 g/mol. The number of thiophene rings is 1. The molecule has 1 amide bonds. The Kier molecular flexibility index (Phi) is 6.92. The van der Waals surface area contributed by atoms with Gasteiger partial charge in [-0.3, -0.25) is 9.59 Å². The van der Waals surface area contributed by atoms with Crippen LogP contribution in [0.3, 0.4) is 0 Å². The van der Waals surface area contributed by atoms with E-state index >= 15 is 0 Å². The third-order valence-corrected chi connectivity index (χ3v) is 3.87. The second kappa shape index (κ2) is 8.45. The Bertz CT molecular complexity index is 569. The maximum Gasteiger partial charge on any atom is 0.325 e. The van der Waals surface area contributed by atoms with E-state index < -0.39 is 5.97 Å². The Morgan fingerprint density at radius 3 is 2.71 bits per heavy atom. The number of hydrogen-bond acceptors (Lipinski definition) is 5. The highest BCUT2D eigenvalue weighted by Gasteiger charge is 2.20. The van der Waals surface area contributed by atoms with Crippen molar-refractivity contribution in [1.29, 1.82) is 0 Å². The Balaban J connectivity index is 2.88. The Morgan fingerprint density at radius 1 is 1.43 bits per heavy atom. The summed E-state index contributed by atoms with van der Waals surface area (Å²) in [5.74, 6) is 5.15. The van der Waals surface area contributed by atoms with Gasteiger partial charge in [0.2, 0.25) is 0 Å². The molecule has 21 heavy (non-hydrogen) atoms. The number of likely N-dealkylation sites (N-methyl/N-ethyl adjacent to an activating group) is 1. The van der Waals surface area contributed by atoms with Crippen LogP contribution in [0.1, 0.15) is 34.0 Å². The minimum absolute atomic E-state index is 0.0378. The van der Waals surface area contributed by atoms with Gasteiger partial charge in [0.25, 0.3) is 5.91 Å². The zero-order chi connectivity index (χ0) is 15.8. The summed E-state index contributed by atoms with van der Waals surface area (Å²) < 4.78 is 4.88. The molecule has 2 N–H and O–H groups in total. The minimum atomic E-state index is -0.399. The van der Waals surface area contributed by atoms with Crippen LogP contribution < -0.4 is 5.73 Å². The van der Waals surface area contributed by atoms with E-state index in [0.717, 1.165) is 10.4 Å². The molecule has 0 radical (unpaired) electrons. The standard InChI is InChI=1S/C15H20N2O3S/c1-4-17(10-14(18)20-5-2)15(19)13-9-11(3)12(21-13)7-6-8-16/h9H,4-5,8,10,16H2,1-3H3. The molecule has 1 heterocycles. The van der Waals surface area contributed by atoms with Crippen molar-refractivity contribution in [2.75, 3.05) is 26.2 Å². The Hall–Kier alpha value is -1.84. The quantitative estimate of drug-likeness (QED) is 0.659. The van der Waals surface area contributed by atoms with E-state index in [-0.39, 0.29) is 19.0 Å². The fourth-order valence-electron chi connectivity index (χ4n) is 1.69. The molecule has 0 unspecified atom stereocenters. The number of nitrogens with zero attached hydrogens (tertiary/aromatic N) is 1. The van der Waals surface area contributed by atoms with Gasteiger partial charge < -0.3 is 15.4 Å². The summed E-state index contributed by atoms with van der Waals surface area (Å²) in [7, 11) is 0. The van der Waals surface area contributed by atoms with Gasteiger partial charge in [0, 0.05) is 6.54 Å². The van der Waals surface area contributed by atoms with Crippen LogP contribution in [0.5, 0.6) is 0 Å². The van der Waals surface area contributed by atoms with E-state index in [1.807, 2.05) is 13.8 Å². The number of hydrogen-bond donors (Lipinski definition) is 1. The molecule has 0 bridgehead atoms. The molecule has 0 aromatic carbocycles. The molecule has 1 rings (SSSR count). The molecule has 1 aromatic rings. The van der Waals surface area contributed by atoms with Crippen molar-refractivity contribution >= 4 is 23.2 Å². The summed E-state index contributed by atoms with van der Waals surface area (Å²) >= 11 is 1.32. The number of esters is 1. The van der Waals surface area contributed by atoms with Crippen molar-refractivity contribution in [2.45, 2.75) is 20.8 Å². The highest BCUT2D eigenvalue weighted by atomic mass is 32.1. The maximum absolute atomic E-state index is 12.4. The number of ether oxygens (including phenoxy) is 1. The molecule has 0 aliphatic heterocycles. The van der Waals surface area contributed by atoms with Crippen LogP contribution in [0.4, 0.5) is 0 Å². The number of nitrogens with two attached hydrogens (primary N) is 1. The smallest absolute Gasteiger partial charge is 0.325 e. The third-order valence-electron chi connectivity index (χ3n) is 2.73. The number of rotatable bonds is 5. The van der Waals surface area contributed by atoms with Gasteiger partial charge in [-0.25, -0.2) is 0 Å². The molecule has 0 aliphatic rings. The van der Waals surface area contributed by atoms with Crippen molar-refractivity contribution in [3.8, 4) is 11.8 Å². The van der Waals surface area contributed by atoms with Gasteiger partial charge in [-0.1, -0.05) is 11.8 Å². The lowest BCUT2D eigenvalue weighted by Crippen LogP contribution is -2.35. The first-order chi connectivity index (χ1) is 10.0. The molecule has 0 saturated carbocycles. The SMILES string of the molecule is CCOC(=O)CN(CC)C(=O)c1cc(C)c(C#CCN)s1. The number of amides is 1. The van der Waals surface area contributed by atoms with E-state index in [1.54, 1.807) is 13.0 Å². The highest BCUT2D eigenvalue weighted by molar-refractivity contribution is 7.14. The average molecular weight is 308 g/mol. The van der Waals surface area contributed by atoms with E-state index in [0.29, 0.717) is 18.0 Å². The van der Waals surface area contributed by atoms with Crippen LogP contribution in [0.15, 0.2) is 6.07 Å². The maximum atomic E-state index is 12.4. The zero-order valence-corrected chi connectivity index (χ0v) is 13.4. The second-order valence-corrected chi connectivity index (χ2v) is 5.31. The third kappa shape index (κ3) is 4.88. The van der Waals surface area contributed by atoms with Gasteiger partial charge in [0.15, 0.2) is 0 Å². The lowest BCUT2D eigenvalue weighted by molar-refractivity contribution is -0.143. The van der Waals surface area contributed by atoms with Crippen LogP contribution in [-0.4, -0.2) is 43.0 Å². The second-order valence-electron chi connectivity index (χ2n) is 4.25. The number of carbonyl (C=O) groups excluding carboxylic acids is 2. The molecule has 0 spiro atoms. The first-order valence-corrected chi connectivity index (χ1v) is 7.59. The molecule has 1 aromatic heterocycles. The van der Waals surface area contributed by atoms with Crippen LogP contribution in [0.2, 0.25) is 0 Å². The normalized spacial score (nSPS) is 9.71. The van der Waals surface area contributed by atoms with Crippen molar-refractivity contribution in [3.05, 3.63) is 21.4 Å². The largest absolute Gasteiger partial charge is 0.465 e. The fourth-order valence-corrected chi connectivity index (χ4v) is 2.70. The van der Waals surface area contributed by atoms with E-state index in [1.165, 1.54) is 16.2 Å². The summed E-state index contributed by atoms with van der Waals surface area (Å²) in [6.07, 6.45) is 0. The van der Waals surface area contributed by atoms with Crippen molar-refractivity contribution in [1.82, 2.24) is 4.90 Å². The summed E-state index contributed by atoms with van der Waals surface area (Å²) in [6.45, 7) is 6.46. The zero-order valence-electron chi connectivity index (χ0n) is 12.6. The Morgan fingerprint density at radius 2 is 2.14 bits per heavy atom. The Labute approximate surface area is 129 Å². The summed E-state index contributed by atoms with van der Waals surface area (Å²) in [4.78, 5) is 26.8. The monoisotopic (exact) mass is 308 g/mol. The van der Waals surface area contributed by atoms with Crippen molar-refractivity contribution in [3.63, 3.8) is 0 Å². The minimum Gasteiger partial charge on any atom is -0.465 e. The van der Waals surface area contributed by atoms with E-state index in [9.17, 15) is 9.59 Å². The average Bonchev–Trinajstić information content (AvgIpc) is 2.83. The van der Waals surface area contributed by atoms with Crippen LogP contribution in [0, 0.1) is 18.8 Å². The van der Waals surface area contributed by atoms with Gasteiger partial charge >= 0.3 is 5.97 Å². The van der Waals surface area contributed by atoms with E-state index in [2.05, 4.69) is 11.8 Å². The van der Waals surface area contributed by atoms with Crippen molar-refractivity contribution < 1.29 is 14.3 Å². The molecule has 0 atom stereocenters. The summed E-state index contributed by atoms with van der Waals surface area (Å²) in [6, 6.07) is 1.79. The molecular formula is C15H20N2O3S. The summed E-state index contributed by atoms with van der Waals surface area (Å²) in [5.41, 5.74) is 6.29. The van der Waals surface area contributed by atoms with Crippen molar-refractivity contribution in [2.24, 2.45) is 5.73 Å². The summed E-state index contributed by atoms with van der Waals surface area (Å²) in [5, 5.41) is 0. The fraction of sp³-hybridized carbons (Fsp3) is 0.467. The predicted molar refractivity (Wildman–Crippen MR) is 83.2 cm³/mol. The first-order valence-electron chi connectivity index (χ1n) is 6.77. The predicted octanol–water partition coefficient (Wildman–Crippen LogP) is 1.39. The number of aryl methyl sites for hydroxylation is 1. The van der Waals surface area contributed by atoms with Gasteiger partial charge in [-0.15, -0.1) is 11.3 Å². The highest BCUT2D eigenvalue weighted by Crippen LogP contribution is 2.22. The van der Waals surface area contributed by atoms with Gasteiger partial charge in [0.1, 0.15) is 6.54 Å². The molecule has 114 valence electrons. The lowest BCUT2D eigenvalue weighted by Gasteiger charge is -2.18. The van der Waals surface area contributed by atoms with Gasteiger partial charge in [0.05, 0.1) is 22.9 Å².